The van der Waals surface area contributed by atoms with Crippen molar-refractivity contribution in [3.63, 3.8) is 0 Å². The van der Waals surface area contributed by atoms with E-state index >= 15 is 0 Å². The first kappa shape index (κ1) is 42.2. The lowest BCUT2D eigenvalue weighted by Gasteiger charge is -2.35. The van der Waals surface area contributed by atoms with Crippen LogP contribution in [-0.2, 0) is 11.3 Å². The lowest BCUT2D eigenvalue weighted by molar-refractivity contribution is -0.119. The summed E-state index contributed by atoms with van der Waals surface area (Å²) in [7, 11) is 1.61. The van der Waals surface area contributed by atoms with Crippen LogP contribution >= 0.6 is 0 Å². The number of rotatable bonds is 11. The Morgan fingerprint density at radius 1 is 0.931 bits per heavy atom. The number of anilines is 3. The van der Waals surface area contributed by atoms with Gasteiger partial charge in [0.1, 0.15) is 11.9 Å². The topological polar surface area (TPSA) is 146 Å². The Balaban J connectivity index is 0.00000315. The monoisotopic (exact) mass is 777 g/mol. The van der Waals surface area contributed by atoms with E-state index in [9.17, 15) is 14.4 Å². The van der Waals surface area contributed by atoms with Gasteiger partial charge in [0.25, 0.3) is 11.8 Å². The van der Waals surface area contributed by atoms with Gasteiger partial charge in [-0.05, 0) is 76.1 Å². The van der Waals surface area contributed by atoms with Crippen molar-refractivity contribution in [2.45, 2.75) is 61.1 Å². The molecule has 3 N–H and O–H groups in total. The average molecular weight is 778 g/mol. The molecule has 58 heavy (non-hydrogen) atoms. The number of hydrogen-bond donors (Lipinski definition) is 3. The van der Waals surface area contributed by atoms with Crippen molar-refractivity contribution in [3.8, 4) is 0 Å². The molecule has 2 aliphatic heterocycles. The third-order valence-electron chi connectivity index (χ3n) is 9.36. The molecule has 0 saturated heterocycles. The Kier molecular flexibility index (Phi) is 14.0. The highest BCUT2D eigenvalue weighted by Gasteiger charge is 2.32. The molecule has 0 fully saturated rings. The number of benzodiazepines with no additional fused rings is 1. The molecule has 2 aliphatic rings. The molecule has 0 unspecified atom stereocenters. The van der Waals surface area contributed by atoms with Crippen LogP contribution in [0.5, 0.6) is 0 Å². The third-order valence-corrected chi connectivity index (χ3v) is 9.36. The quantitative estimate of drug-likeness (QED) is 0.103. The van der Waals surface area contributed by atoms with Gasteiger partial charge in [-0.2, -0.15) is 0 Å². The Morgan fingerprint density at radius 2 is 1.62 bits per heavy atom. The molecule has 2 heterocycles. The zero-order chi connectivity index (χ0) is 41.9. The van der Waals surface area contributed by atoms with Gasteiger partial charge >= 0.3 is 6.03 Å². The third kappa shape index (κ3) is 9.70. The number of carbonyl (C=O) groups excluding carboxylic acids is 3. The fourth-order valence-electron chi connectivity index (χ4n) is 6.42. The molecule has 298 valence electrons. The summed E-state index contributed by atoms with van der Waals surface area (Å²) < 4.78 is 0. The van der Waals surface area contributed by atoms with Crippen molar-refractivity contribution >= 4 is 58.9 Å². The van der Waals surface area contributed by atoms with Gasteiger partial charge in [-0.3, -0.25) is 29.4 Å². The van der Waals surface area contributed by atoms with E-state index in [1.165, 1.54) is 17.5 Å². The first-order valence-electron chi connectivity index (χ1n) is 19.3. The largest absolute Gasteiger partial charge is 0.349 e. The second-order valence-electron chi connectivity index (χ2n) is 13.8. The van der Waals surface area contributed by atoms with Gasteiger partial charge < -0.3 is 20.9 Å². The van der Waals surface area contributed by atoms with Gasteiger partial charge in [0.05, 0.1) is 36.5 Å². The number of aryl methyl sites for hydroxylation is 1. The van der Waals surface area contributed by atoms with E-state index in [4.69, 9.17) is 10.4 Å². The highest BCUT2D eigenvalue weighted by atomic mass is 16.2. The highest BCUT2D eigenvalue weighted by Crippen LogP contribution is 2.33. The first-order chi connectivity index (χ1) is 27.9. The summed E-state index contributed by atoms with van der Waals surface area (Å²) >= 11 is 0. The Labute approximate surface area is 340 Å². The fourth-order valence-corrected chi connectivity index (χ4v) is 6.42. The van der Waals surface area contributed by atoms with E-state index in [2.05, 4.69) is 20.6 Å². The number of aliphatic imine (C=N–C) groups is 3. The molecule has 4 amide bonds. The zero-order valence-corrected chi connectivity index (χ0v) is 34.4. The first-order valence-corrected chi connectivity index (χ1v) is 19.3. The minimum atomic E-state index is -0.653. The van der Waals surface area contributed by atoms with Gasteiger partial charge in [0, 0.05) is 58.8 Å². The second-order valence-corrected chi connectivity index (χ2v) is 13.8. The van der Waals surface area contributed by atoms with Crippen molar-refractivity contribution in [1.82, 2.24) is 10.2 Å². The number of hydrogen-bond acceptors (Lipinski definition) is 7. The van der Waals surface area contributed by atoms with Crippen LogP contribution in [0.2, 0.25) is 0 Å². The van der Waals surface area contributed by atoms with Gasteiger partial charge in [-0.1, -0.05) is 80.6 Å². The zero-order valence-electron chi connectivity index (χ0n) is 34.4. The fraction of sp³-hybridized carbons (Fsp3) is 0.239. The lowest BCUT2D eigenvalue weighted by atomic mass is 9.98. The Bertz CT molecular complexity index is 2320. The minimum Gasteiger partial charge on any atom is -0.349 e. The molecule has 12 heteroatoms. The van der Waals surface area contributed by atoms with E-state index in [0.717, 1.165) is 33.7 Å². The maximum Gasteiger partial charge on any atom is 0.330 e. The summed E-state index contributed by atoms with van der Waals surface area (Å²) in [6, 6.07) is 29.1. The Morgan fingerprint density at radius 3 is 2.29 bits per heavy atom. The molecule has 1 atom stereocenters. The van der Waals surface area contributed by atoms with E-state index in [1.807, 2.05) is 114 Å². The van der Waals surface area contributed by atoms with E-state index in [-0.39, 0.29) is 24.4 Å². The van der Waals surface area contributed by atoms with Crippen LogP contribution in [0, 0.1) is 12.3 Å². The maximum atomic E-state index is 14.0. The van der Waals surface area contributed by atoms with Crippen LogP contribution in [0.1, 0.15) is 74.2 Å². The molecule has 4 aromatic carbocycles. The van der Waals surface area contributed by atoms with Crippen LogP contribution < -0.4 is 20.4 Å². The molecular weight excluding hydrogens is 727 g/mol. The van der Waals surface area contributed by atoms with Gasteiger partial charge in [0.15, 0.2) is 0 Å². The number of urea groups is 1. The molecule has 0 bridgehead atoms. The van der Waals surface area contributed by atoms with Gasteiger partial charge in [-0.25, -0.2) is 9.79 Å². The maximum absolute atomic E-state index is 14.0. The van der Waals surface area contributed by atoms with Crippen LogP contribution in [0.25, 0.3) is 0 Å². The number of nitrogens with one attached hydrogen (secondary N) is 3. The molecule has 4 aromatic rings. The van der Waals surface area contributed by atoms with E-state index in [0.29, 0.717) is 46.3 Å². The van der Waals surface area contributed by atoms with Crippen molar-refractivity contribution < 1.29 is 14.4 Å². The summed E-state index contributed by atoms with van der Waals surface area (Å²) in [5.41, 5.74) is 8.21. The van der Waals surface area contributed by atoms with Crippen molar-refractivity contribution in [2.75, 3.05) is 28.7 Å². The van der Waals surface area contributed by atoms with Crippen LogP contribution in [0.4, 0.5) is 21.9 Å². The number of amides is 4. The number of carbonyl (C=O) groups is 3. The molecule has 12 nitrogen and oxygen atoms in total. The van der Waals surface area contributed by atoms with Crippen molar-refractivity contribution in [2.24, 2.45) is 15.0 Å². The number of allylic oxidation sites excluding steroid dienone is 1. The molecule has 0 aromatic heterocycles. The summed E-state index contributed by atoms with van der Waals surface area (Å²) in [4.78, 5) is 60.0. The van der Waals surface area contributed by atoms with Crippen LogP contribution in [0.15, 0.2) is 135 Å². The SMILES string of the molecule is CC.CC(C)=N/C=C(\C)NC=NC1=C(C=N)CN(c2cc(NC(=O)c3ccc4c(c3)N(Cc3ccccc3)C(=O)[C@H](C)N=C4c3ccccc3)ccc2C)C(=O)N1C. The average Bonchev–Trinajstić information content (AvgIpc) is 3.34. The van der Waals surface area contributed by atoms with Crippen molar-refractivity contribution in [3.05, 3.63) is 148 Å². The van der Waals surface area contributed by atoms with Crippen LogP contribution in [-0.4, -0.2) is 66.4 Å². The summed E-state index contributed by atoms with van der Waals surface area (Å²) in [5.74, 6) is -0.220. The lowest BCUT2D eigenvalue weighted by Crippen LogP contribution is -2.47. The molecule has 0 spiro atoms. The molecule has 0 saturated carbocycles. The van der Waals surface area contributed by atoms with Gasteiger partial charge in [-0.15, -0.1) is 0 Å². The molecule has 0 aliphatic carbocycles. The number of benzene rings is 4. The predicted molar refractivity (Wildman–Crippen MR) is 237 cm³/mol. The second kappa shape index (κ2) is 19.3. The number of fused-ring (bicyclic) bond motifs is 1. The Hall–Kier alpha value is -6.95. The summed E-state index contributed by atoms with van der Waals surface area (Å²) in [6.45, 7) is 13.7. The van der Waals surface area contributed by atoms with Crippen LogP contribution in [0.3, 0.4) is 0 Å². The molecule has 6 rings (SSSR count). The minimum absolute atomic E-state index is 0.103. The normalized spacial score (nSPS) is 15.6. The molecule has 0 radical (unpaired) electrons. The number of nitrogens with zero attached hydrogens (tertiary/aromatic N) is 6. The highest BCUT2D eigenvalue weighted by molar-refractivity contribution is 6.21. The smallest absolute Gasteiger partial charge is 0.330 e. The predicted octanol–water partition coefficient (Wildman–Crippen LogP) is 8.74. The van der Waals surface area contributed by atoms with Crippen molar-refractivity contribution in [1.29, 1.82) is 5.41 Å². The molecular formula is C46H51N9O3. The van der Waals surface area contributed by atoms with Gasteiger partial charge in [0.2, 0.25) is 0 Å². The standard InChI is InChI=1S/C44H45N9O3.C2H6/c1-28(2)46-24-30(4)47-27-48-41-35(23-45)26-53(44(56)51(41)6)38-22-36(19-17-29(38)3)50-42(54)34-18-20-37-39(21-34)52(25-32-13-9-7-10-14-32)43(55)31(5)49-40(37)33-15-11-8-12-16-33;1-2/h7-24,27,31,45H,25-26H2,1-6H3,(H,47,48)(H,50,54);1-2H3/b30-24+,45-23?;/t31-;/m0./s1. The summed E-state index contributed by atoms with van der Waals surface area (Å²) in [5, 5.41) is 14.2. The van der Waals surface area contributed by atoms with E-state index < -0.39 is 6.04 Å². The summed E-state index contributed by atoms with van der Waals surface area (Å²) in [6.07, 6.45) is 4.35. The van der Waals surface area contributed by atoms with E-state index in [1.54, 1.807) is 54.2 Å².